The Balaban J connectivity index is 4.57. The number of halogens is 6. The quantitative estimate of drug-likeness (QED) is 0.443. The van der Waals surface area contributed by atoms with Gasteiger partial charge in [0.2, 0.25) is 6.29 Å². The molecule has 0 aliphatic rings. The zero-order valence-corrected chi connectivity index (χ0v) is 6.02. The van der Waals surface area contributed by atoms with Crippen LogP contribution in [-0.2, 0) is 14.3 Å². The molecule has 0 aliphatic carbocycles. The predicted molar refractivity (Wildman–Crippen MR) is 25.3 cm³/mol. The van der Waals surface area contributed by atoms with Gasteiger partial charge in [-0.05, 0) is 0 Å². The van der Waals surface area contributed by atoms with Gasteiger partial charge in [0.15, 0.2) is 0 Å². The lowest BCUT2D eigenvalue weighted by atomic mass is 10.6. The maximum Gasteiger partial charge on any atom is 0.527 e. The smallest absolute Gasteiger partial charge is 0.337 e. The largest absolute Gasteiger partial charge is 0.527 e. The predicted octanol–water partition coefficient (Wildman–Crippen LogP) is 0.904. The van der Waals surface area contributed by atoms with E-state index in [2.05, 4.69) is 9.47 Å². The fourth-order valence-corrected chi connectivity index (χ4v) is 0.401. The number of alkyl halides is 6. The first-order valence-corrected chi connectivity index (χ1v) is 2.70. The van der Waals surface area contributed by atoms with E-state index in [1.54, 1.807) is 0 Å². The molecule has 0 aromatic heterocycles. The van der Waals surface area contributed by atoms with Crippen molar-refractivity contribution in [2.45, 2.75) is 18.7 Å². The number of carbonyl (C=O) groups is 1. The summed E-state index contributed by atoms with van der Waals surface area (Å²) in [6.07, 6.45) is -12.5. The summed E-state index contributed by atoms with van der Waals surface area (Å²) in [6.45, 7) is 0. The molecule has 0 aromatic rings. The van der Waals surface area contributed by atoms with Crippen LogP contribution in [0, 0.1) is 0 Å². The van der Waals surface area contributed by atoms with Gasteiger partial charge in [-0.3, -0.25) is 4.79 Å². The zero-order chi connectivity index (χ0) is 11.6. The molecule has 0 fully saturated rings. The molecule has 10 heteroatoms. The van der Waals surface area contributed by atoms with Crippen molar-refractivity contribution in [3.63, 3.8) is 0 Å². The fourth-order valence-electron chi connectivity index (χ4n) is 0.401. The van der Waals surface area contributed by atoms with E-state index >= 15 is 0 Å². The standard InChI is InChI=1S/C4H2F6O4/c5-3(6,7)13-2(12,1-11)14-4(8,9)10/h1,12H. The van der Waals surface area contributed by atoms with Gasteiger partial charge < -0.3 is 5.11 Å². The molecule has 0 unspecified atom stereocenters. The molecular formula is C4H2F6O4. The second-order valence-electron chi connectivity index (χ2n) is 1.84. The van der Waals surface area contributed by atoms with Crippen LogP contribution >= 0.6 is 0 Å². The molecular weight excluding hydrogens is 226 g/mol. The normalized spacial score (nSPS) is 14.2. The third-order valence-electron chi connectivity index (χ3n) is 0.673. The van der Waals surface area contributed by atoms with Gasteiger partial charge in [-0.25, -0.2) is 9.47 Å². The van der Waals surface area contributed by atoms with E-state index < -0.39 is 25.0 Å². The van der Waals surface area contributed by atoms with Crippen LogP contribution in [0.3, 0.4) is 0 Å². The number of aldehydes is 1. The number of aliphatic hydroxyl groups is 1. The minimum Gasteiger partial charge on any atom is -0.337 e. The van der Waals surface area contributed by atoms with Crippen molar-refractivity contribution >= 4 is 6.29 Å². The fraction of sp³-hybridized carbons (Fsp3) is 0.750. The molecule has 84 valence electrons. The van der Waals surface area contributed by atoms with E-state index in [0.29, 0.717) is 0 Å². The maximum atomic E-state index is 11.3. The summed E-state index contributed by atoms with van der Waals surface area (Å²) in [4.78, 5) is 9.68. The molecule has 0 amide bonds. The number of rotatable bonds is 3. The summed E-state index contributed by atoms with van der Waals surface area (Å²) in [5, 5.41) is 8.24. The Morgan fingerprint density at radius 3 is 1.36 bits per heavy atom. The highest BCUT2D eigenvalue weighted by Crippen LogP contribution is 2.29. The Kier molecular flexibility index (Phi) is 3.48. The second kappa shape index (κ2) is 3.71. The molecule has 1 N–H and O–H groups in total. The molecule has 0 heterocycles. The summed E-state index contributed by atoms with van der Waals surface area (Å²) in [7, 11) is 0. The van der Waals surface area contributed by atoms with E-state index in [4.69, 9.17) is 5.11 Å². The molecule has 0 saturated carbocycles. The number of hydrogen-bond acceptors (Lipinski definition) is 4. The Morgan fingerprint density at radius 2 is 1.21 bits per heavy atom. The van der Waals surface area contributed by atoms with Crippen molar-refractivity contribution in [1.29, 1.82) is 0 Å². The van der Waals surface area contributed by atoms with Crippen LogP contribution < -0.4 is 0 Å². The molecule has 0 saturated heterocycles. The van der Waals surface area contributed by atoms with Gasteiger partial charge in [-0.15, -0.1) is 26.3 Å². The molecule has 0 rings (SSSR count). The van der Waals surface area contributed by atoms with Crippen molar-refractivity contribution in [1.82, 2.24) is 0 Å². The van der Waals surface area contributed by atoms with Crippen molar-refractivity contribution in [2.24, 2.45) is 0 Å². The van der Waals surface area contributed by atoms with Gasteiger partial charge in [0.05, 0.1) is 0 Å². The van der Waals surface area contributed by atoms with Gasteiger partial charge >= 0.3 is 18.7 Å². The molecule has 14 heavy (non-hydrogen) atoms. The van der Waals surface area contributed by atoms with E-state index in [-0.39, 0.29) is 0 Å². The Hall–Kier alpha value is -0.870. The molecule has 0 radical (unpaired) electrons. The topological polar surface area (TPSA) is 55.8 Å². The van der Waals surface area contributed by atoms with Crippen LogP contribution in [0.1, 0.15) is 0 Å². The summed E-state index contributed by atoms with van der Waals surface area (Å²) >= 11 is 0. The van der Waals surface area contributed by atoms with Crippen LogP contribution in [0.15, 0.2) is 0 Å². The monoisotopic (exact) mass is 228 g/mol. The van der Waals surface area contributed by atoms with Crippen LogP contribution in [0.4, 0.5) is 26.3 Å². The highest BCUT2D eigenvalue weighted by atomic mass is 19.4. The van der Waals surface area contributed by atoms with Crippen LogP contribution in [0.2, 0.25) is 0 Å². The number of ether oxygens (including phenoxy) is 2. The lowest BCUT2D eigenvalue weighted by molar-refractivity contribution is -0.510. The molecule has 0 aliphatic heterocycles. The third kappa shape index (κ3) is 5.72. The Bertz CT molecular complexity index is 191. The van der Waals surface area contributed by atoms with Crippen molar-refractivity contribution in [2.75, 3.05) is 0 Å². The molecule has 0 aromatic carbocycles. The lowest BCUT2D eigenvalue weighted by Gasteiger charge is -2.23. The molecule has 0 atom stereocenters. The van der Waals surface area contributed by atoms with Crippen molar-refractivity contribution < 1.29 is 45.7 Å². The van der Waals surface area contributed by atoms with Gasteiger partial charge in [0, 0.05) is 0 Å². The van der Waals surface area contributed by atoms with Crippen molar-refractivity contribution in [3.8, 4) is 0 Å². The second-order valence-corrected chi connectivity index (χ2v) is 1.84. The Morgan fingerprint density at radius 1 is 0.929 bits per heavy atom. The minimum atomic E-state index is -5.65. The number of carbonyl (C=O) groups excluding carboxylic acids is 1. The first-order chi connectivity index (χ1) is 5.97. The maximum absolute atomic E-state index is 11.3. The third-order valence-corrected chi connectivity index (χ3v) is 0.673. The van der Waals surface area contributed by atoms with Gasteiger partial charge in [-0.2, -0.15) is 0 Å². The van der Waals surface area contributed by atoms with Gasteiger partial charge in [-0.1, -0.05) is 0 Å². The average Bonchev–Trinajstić information content (AvgIpc) is 1.78. The SMILES string of the molecule is O=CC(O)(OC(F)(F)F)OC(F)(F)F. The highest BCUT2D eigenvalue weighted by Gasteiger charge is 2.50. The van der Waals surface area contributed by atoms with Gasteiger partial charge in [0.25, 0.3) is 0 Å². The zero-order valence-electron chi connectivity index (χ0n) is 6.02. The molecule has 4 nitrogen and oxygen atoms in total. The molecule has 0 spiro atoms. The van der Waals surface area contributed by atoms with E-state index in [0.717, 1.165) is 0 Å². The summed E-state index contributed by atoms with van der Waals surface area (Å²) < 4.78 is 72.7. The first-order valence-electron chi connectivity index (χ1n) is 2.70. The van der Waals surface area contributed by atoms with E-state index in [1.807, 2.05) is 0 Å². The molecule has 0 bridgehead atoms. The van der Waals surface area contributed by atoms with Crippen LogP contribution in [0.5, 0.6) is 0 Å². The van der Waals surface area contributed by atoms with Crippen LogP contribution in [0.25, 0.3) is 0 Å². The van der Waals surface area contributed by atoms with Crippen molar-refractivity contribution in [3.05, 3.63) is 0 Å². The van der Waals surface area contributed by atoms with Crippen LogP contribution in [-0.4, -0.2) is 30.1 Å². The lowest BCUT2D eigenvalue weighted by Crippen LogP contribution is -2.46. The summed E-state index contributed by atoms with van der Waals surface area (Å²) in [5.74, 6) is -4.42. The van der Waals surface area contributed by atoms with E-state index in [1.165, 1.54) is 0 Å². The number of hydrogen-bond donors (Lipinski definition) is 1. The van der Waals surface area contributed by atoms with E-state index in [9.17, 15) is 31.1 Å². The van der Waals surface area contributed by atoms with Gasteiger partial charge in [0.1, 0.15) is 0 Å². The minimum absolute atomic E-state index is 1.19. The highest BCUT2D eigenvalue weighted by molar-refractivity contribution is 5.57. The Labute approximate surface area is 72.0 Å². The summed E-state index contributed by atoms with van der Waals surface area (Å²) in [6, 6.07) is 0. The average molecular weight is 228 g/mol. The first kappa shape index (κ1) is 13.1. The summed E-state index contributed by atoms with van der Waals surface area (Å²) in [5.41, 5.74) is 0.